The summed E-state index contributed by atoms with van der Waals surface area (Å²) in [5.74, 6) is -0.181. The zero-order valence-electron chi connectivity index (χ0n) is 13.1. The zero-order chi connectivity index (χ0) is 16.2. The smallest absolute Gasteiger partial charge is 0.272 e. The molecule has 0 spiro atoms. The van der Waals surface area contributed by atoms with E-state index in [1.165, 1.54) is 0 Å². The highest BCUT2D eigenvalue weighted by Crippen LogP contribution is 2.23. The third kappa shape index (κ3) is 3.29. The SMILES string of the molecule is CC(C)NC(=O)c1cc(-c2cccnc2)n(-c2ccccc2)n1. The lowest BCUT2D eigenvalue weighted by molar-refractivity contribution is 0.0937. The monoisotopic (exact) mass is 306 g/mol. The molecular weight excluding hydrogens is 288 g/mol. The van der Waals surface area contributed by atoms with Crippen molar-refractivity contribution in [2.24, 2.45) is 0 Å². The van der Waals surface area contributed by atoms with Gasteiger partial charge in [0.2, 0.25) is 0 Å². The van der Waals surface area contributed by atoms with Crippen molar-refractivity contribution in [2.75, 3.05) is 0 Å². The minimum absolute atomic E-state index is 0.0613. The summed E-state index contributed by atoms with van der Waals surface area (Å²) in [6.07, 6.45) is 3.49. The number of rotatable bonds is 4. The average molecular weight is 306 g/mol. The van der Waals surface area contributed by atoms with Crippen molar-refractivity contribution in [3.63, 3.8) is 0 Å². The number of hydrogen-bond acceptors (Lipinski definition) is 3. The summed E-state index contributed by atoms with van der Waals surface area (Å²) < 4.78 is 1.77. The fourth-order valence-corrected chi connectivity index (χ4v) is 2.31. The number of amides is 1. The lowest BCUT2D eigenvalue weighted by atomic mass is 10.2. The number of nitrogens with one attached hydrogen (secondary N) is 1. The van der Waals surface area contributed by atoms with Gasteiger partial charge in [-0.15, -0.1) is 0 Å². The van der Waals surface area contributed by atoms with Gasteiger partial charge in [0.1, 0.15) is 0 Å². The molecule has 0 radical (unpaired) electrons. The van der Waals surface area contributed by atoms with E-state index in [0.29, 0.717) is 5.69 Å². The first-order valence-electron chi connectivity index (χ1n) is 7.52. The molecule has 2 aromatic heterocycles. The third-order valence-electron chi connectivity index (χ3n) is 3.32. The summed E-state index contributed by atoms with van der Waals surface area (Å²) in [5.41, 5.74) is 3.03. The lowest BCUT2D eigenvalue weighted by Crippen LogP contribution is -2.30. The van der Waals surface area contributed by atoms with Gasteiger partial charge < -0.3 is 5.32 Å². The van der Waals surface area contributed by atoms with Crippen LogP contribution in [-0.2, 0) is 0 Å². The largest absolute Gasteiger partial charge is 0.348 e. The van der Waals surface area contributed by atoms with Crippen LogP contribution >= 0.6 is 0 Å². The van der Waals surface area contributed by atoms with E-state index in [2.05, 4.69) is 15.4 Å². The van der Waals surface area contributed by atoms with Crippen molar-refractivity contribution in [3.05, 3.63) is 66.6 Å². The molecule has 1 N–H and O–H groups in total. The summed E-state index contributed by atoms with van der Waals surface area (Å²) in [5, 5.41) is 7.36. The van der Waals surface area contributed by atoms with Crippen LogP contribution in [0.4, 0.5) is 0 Å². The molecule has 5 heteroatoms. The highest BCUT2D eigenvalue weighted by atomic mass is 16.2. The van der Waals surface area contributed by atoms with Crippen molar-refractivity contribution in [3.8, 4) is 16.9 Å². The molecule has 0 saturated heterocycles. The van der Waals surface area contributed by atoms with E-state index in [4.69, 9.17) is 0 Å². The fourth-order valence-electron chi connectivity index (χ4n) is 2.31. The van der Waals surface area contributed by atoms with E-state index in [9.17, 15) is 4.79 Å². The van der Waals surface area contributed by atoms with Gasteiger partial charge >= 0.3 is 0 Å². The molecular formula is C18H18N4O. The van der Waals surface area contributed by atoms with Gasteiger partial charge in [0.05, 0.1) is 11.4 Å². The maximum absolute atomic E-state index is 12.3. The number of para-hydroxylation sites is 1. The second kappa shape index (κ2) is 6.44. The number of benzene rings is 1. The van der Waals surface area contributed by atoms with Gasteiger partial charge in [0.25, 0.3) is 5.91 Å². The average Bonchev–Trinajstić information content (AvgIpc) is 3.01. The molecule has 0 saturated carbocycles. The molecule has 0 aliphatic carbocycles. The van der Waals surface area contributed by atoms with Crippen LogP contribution in [0.15, 0.2) is 60.9 Å². The van der Waals surface area contributed by atoms with E-state index < -0.39 is 0 Å². The first kappa shape index (κ1) is 15.0. The van der Waals surface area contributed by atoms with E-state index in [1.807, 2.05) is 56.3 Å². The molecule has 2 heterocycles. The summed E-state index contributed by atoms with van der Waals surface area (Å²) in [6.45, 7) is 3.85. The first-order chi connectivity index (χ1) is 11.1. The Morgan fingerprint density at radius 3 is 2.57 bits per heavy atom. The first-order valence-corrected chi connectivity index (χ1v) is 7.52. The Labute approximate surface area is 135 Å². The van der Waals surface area contributed by atoms with Crippen molar-refractivity contribution >= 4 is 5.91 Å². The fraction of sp³-hybridized carbons (Fsp3) is 0.167. The van der Waals surface area contributed by atoms with Crippen LogP contribution in [0.2, 0.25) is 0 Å². The predicted molar refractivity (Wildman–Crippen MR) is 89.4 cm³/mol. The van der Waals surface area contributed by atoms with Crippen molar-refractivity contribution in [1.29, 1.82) is 0 Å². The molecule has 0 fully saturated rings. The summed E-state index contributed by atoms with van der Waals surface area (Å²) in [7, 11) is 0. The maximum Gasteiger partial charge on any atom is 0.272 e. The normalized spacial score (nSPS) is 10.7. The number of pyridine rings is 1. The van der Waals surface area contributed by atoms with E-state index in [1.54, 1.807) is 23.1 Å². The van der Waals surface area contributed by atoms with Gasteiger partial charge in [-0.05, 0) is 44.2 Å². The predicted octanol–water partition coefficient (Wildman–Crippen LogP) is 3.07. The second-order valence-corrected chi connectivity index (χ2v) is 5.53. The van der Waals surface area contributed by atoms with Crippen LogP contribution in [0.5, 0.6) is 0 Å². The standard InChI is InChI=1S/C18H18N4O/c1-13(2)20-18(23)16-11-17(14-7-6-10-19-12-14)22(21-16)15-8-4-3-5-9-15/h3-13H,1-2H3,(H,20,23). The van der Waals surface area contributed by atoms with Crippen LogP contribution in [0, 0.1) is 0 Å². The van der Waals surface area contributed by atoms with E-state index in [0.717, 1.165) is 16.9 Å². The second-order valence-electron chi connectivity index (χ2n) is 5.53. The molecule has 0 aliphatic rings. The minimum Gasteiger partial charge on any atom is -0.348 e. The van der Waals surface area contributed by atoms with Crippen LogP contribution in [0.25, 0.3) is 16.9 Å². The van der Waals surface area contributed by atoms with Gasteiger partial charge in [-0.1, -0.05) is 18.2 Å². The molecule has 23 heavy (non-hydrogen) atoms. The molecule has 5 nitrogen and oxygen atoms in total. The Kier molecular flexibility index (Phi) is 4.19. The van der Waals surface area contributed by atoms with Crippen LogP contribution in [-0.4, -0.2) is 26.7 Å². The molecule has 0 bridgehead atoms. The molecule has 116 valence electrons. The van der Waals surface area contributed by atoms with Crippen LogP contribution < -0.4 is 5.32 Å². The van der Waals surface area contributed by atoms with Crippen molar-refractivity contribution < 1.29 is 4.79 Å². The summed E-state index contributed by atoms with van der Waals surface area (Å²) >= 11 is 0. The maximum atomic E-state index is 12.3. The Bertz CT molecular complexity index is 737. The molecule has 0 aliphatic heterocycles. The van der Waals surface area contributed by atoms with Gasteiger partial charge in [-0.2, -0.15) is 5.10 Å². The molecule has 0 atom stereocenters. The van der Waals surface area contributed by atoms with Gasteiger partial charge in [0.15, 0.2) is 5.69 Å². The van der Waals surface area contributed by atoms with Gasteiger partial charge in [-0.25, -0.2) is 4.68 Å². The molecule has 0 unspecified atom stereocenters. The number of hydrogen-bond donors (Lipinski definition) is 1. The Morgan fingerprint density at radius 2 is 1.91 bits per heavy atom. The topological polar surface area (TPSA) is 59.8 Å². The van der Waals surface area contributed by atoms with Crippen LogP contribution in [0.1, 0.15) is 24.3 Å². The molecule has 1 aromatic carbocycles. The Morgan fingerprint density at radius 1 is 1.13 bits per heavy atom. The quantitative estimate of drug-likeness (QED) is 0.806. The van der Waals surface area contributed by atoms with Gasteiger partial charge in [0, 0.05) is 24.0 Å². The van der Waals surface area contributed by atoms with E-state index in [-0.39, 0.29) is 11.9 Å². The summed E-state index contributed by atoms with van der Waals surface area (Å²) in [6, 6.07) is 15.4. The molecule has 1 amide bonds. The lowest BCUT2D eigenvalue weighted by Gasteiger charge is -2.07. The Hall–Kier alpha value is -2.95. The number of nitrogens with zero attached hydrogens (tertiary/aromatic N) is 3. The minimum atomic E-state index is -0.181. The van der Waals surface area contributed by atoms with E-state index >= 15 is 0 Å². The highest BCUT2D eigenvalue weighted by Gasteiger charge is 2.17. The zero-order valence-corrected chi connectivity index (χ0v) is 13.1. The highest BCUT2D eigenvalue weighted by molar-refractivity contribution is 5.93. The molecule has 3 aromatic rings. The number of aromatic nitrogens is 3. The van der Waals surface area contributed by atoms with Crippen molar-refractivity contribution in [2.45, 2.75) is 19.9 Å². The number of carbonyl (C=O) groups is 1. The Balaban J connectivity index is 2.10. The molecule has 3 rings (SSSR count). The van der Waals surface area contributed by atoms with Gasteiger partial charge in [-0.3, -0.25) is 9.78 Å². The van der Waals surface area contributed by atoms with Crippen LogP contribution in [0.3, 0.4) is 0 Å². The van der Waals surface area contributed by atoms with Crippen molar-refractivity contribution in [1.82, 2.24) is 20.1 Å². The number of carbonyl (C=O) groups excluding carboxylic acids is 1. The third-order valence-corrected chi connectivity index (χ3v) is 3.32. The summed E-state index contributed by atoms with van der Waals surface area (Å²) in [4.78, 5) is 16.4.